The number of rotatable bonds is 16. The quantitative estimate of drug-likeness (QED) is 0.262. The van der Waals surface area contributed by atoms with Crippen molar-refractivity contribution in [2.24, 2.45) is 11.8 Å². The van der Waals surface area contributed by atoms with Gasteiger partial charge in [-0.25, -0.2) is 4.79 Å². The van der Waals surface area contributed by atoms with Crippen LogP contribution in [0.1, 0.15) is 68.4 Å². The Morgan fingerprint density at radius 1 is 0.977 bits per heavy atom. The van der Waals surface area contributed by atoms with Crippen molar-refractivity contribution < 1.29 is 23.8 Å². The average Bonchev–Trinajstić information content (AvgIpc) is 3.77. The predicted octanol–water partition coefficient (Wildman–Crippen LogP) is 5.12. The zero-order valence-electron chi connectivity index (χ0n) is 26.5. The molecular formula is C34H50N4O5. The number of amides is 3. The Morgan fingerprint density at radius 3 is 2.33 bits per heavy atom. The molecule has 3 amide bonds. The maximum absolute atomic E-state index is 13.9. The van der Waals surface area contributed by atoms with Crippen LogP contribution in [0.5, 0.6) is 11.5 Å². The highest BCUT2D eigenvalue weighted by Gasteiger charge is 2.39. The Morgan fingerprint density at radius 2 is 1.70 bits per heavy atom. The van der Waals surface area contributed by atoms with Crippen molar-refractivity contribution in [2.45, 2.75) is 64.6 Å². The molecule has 1 aliphatic carbocycles. The monoisotopic (exact) mass is 594 g/mol. The summed E-state index contributed by atoms with van der Waals surface area (Å²) in [7, 11) is 3.26. The molecule has 0 spiro atoms. The molecule has 1 heterocycles. The SMILES string of the molecule is CC[C@H](NC(=O)N(C[C@@H]1CNC[C@H]1CN(C(=O)c1ccc(OC)c(OCCCOC)c1)C(C)C)C1CC1)c1ccccc1. The van der Waals surface area contributed by atoms with E-state index in [0.29, 0.717) is 49.4 Å². The Labute approximate surface area is 257 Å². The van der Waals surface area contributed by atoms with Gasteiger partial charge in [0.25, 0.3) is 5.91 Å². The summed E-state index contributed by atoms with van der Waals surface area (Å²) < 4.78 is 16.5. The molecule has 2 fully saturated rings. The van der Waals surface area contributed by atoms with Crippen LogP contribution in [0.3, 0.4) is 0 Å². The van der Waals surface area contributed by atoms with Gasteiger partial charge in [-0.2, -0.15) is 0 Å². The van der Waals surface area contributed by atoms with Crippen molar-refractivity contribution >= 4 is 11.9 Å². The molecule has 1 aliphatic heterocycles. The first-order valence-corrected chi connectivity index (χ1v) is 15.8. The standard InChI is InChI=1S/C34H50N4O5/c1-6-30(25-11-8-7-9-12-25)36-34(40)38(29-14-15-29)23-28-21-35-20-27(28)22-37(24(2)3)33(39)26-13-16-31(42-5)32(19-26)43-18-10-17-41-4/h7-9,11-13,16,19,24,27-30,35H,6,10,14-15,17-18,20-23H2,1-5H3,(H,36,40)/t27-,28-,30-/m0/s1. The van der Waals surface area contributed by atoms with Gasteiger partial charge in [0, 0.05) is 64.0 Å². The molecule has 0 unspecified atom stereocenters. The lowest BCUT2D eigenvalue weighted by atomic mass is 9.94. The fraction of sp³-hybridized carbons (Fsp3) is 0.588. The van der Waals surface area contributed by atoms with E-state index in [1.165, 1.54) is 0 Å². The highest BCUT2D eigenvalue weighted by atomic mass is 16.5. The van der Waals surface area contributed by atoms with Crippen LogP contribution < -0.4 is 20.1 Å². The number of hydrogen-bond donors (Lipinski definition) is 2. The van der Waals surface area contributed by atoms with E-state index >= 15 is 0 Å². The summed E-state index contributed by atoms with van der Waals surface area (Å²) in [6, 6.07) is 15.9. The van der Waals surface area contributed by atoms with Crippen molar-refractivity contribution in [1.82, 2.24) is 20.4 Å². The summed E-state index contributed by atoms with van der Waals surface area (Å²) in [6.07, 6.45) is 3.67. The lowest BCUT2D eigenvalue weighted by Gasteiger charge is -2.34. The number of carbonyl (C=O) groups is 2. The number of methoxy groups -OCH3 is 2. The van der Waals surface area contributed by atoms with E-state index in [1.807, 2.05) is 23.1 Å². The second-order valence-corrected chi connectivity index (χ2v) is 12.0. The van der Waals surface area contributed by atoms with Crippen LogP contribution >= 0.6 is 0 Å². The summed E-state index contributed by atoms with van der Waals surface area (Å²) in [6.45, 7) is 10.2. The molecule has 0 bridgehead atoms. The number of hydrogen-bond acceptors (Lipinski definition) is 6. The number of nitrogens with zero attached hydrogens (tertiary/aromatic N) is 2. The maximum atomic E-state index is 13.9. The van der Waals surface area contributed by atoms with Crippen LogP contribution in [0, 0.1) is 11.8 Å². The minimum absolute atomic E-state index is 0.0110. The second kappa shape index (κ2) is 16.0. The molecule has 0 radical (unpaired) electrons. The summed E-state index contributed by atoms with van der Waals surface area (Å²) in [5, 5.41) is 6.84. The average molecular weight is 595 g/mol. The highest BCUT2D eigenvalue weighted by molar-refractivity contribution is 5.95. The smallest absolute Gasteiger partial charge is 0.318 e. The number of urea groups is 1. The fourth-order valence-corrected chi connectivity index (χ4v) is 5.84. The van der Waals surface area contributed by atoms with Crippen LogP contribution in [-0.2, 0) is 4.74 Å². The molecule has 43 heavy (non-hydrogen) atoms. The first-order valence-electron chi connectivity index (χ1n) is 15.8. The van der Waals surface area contributed by atoms with Crippen molar-refractivity contribution in [1.29, 1.82) is 0 Å². The molecule has 1 saturated heterocycles. The largest absolute Gasteiger partial charge is 0.493 e. The zero-order valence-corrected chi connectivity index (χ0v) is 26.5. The number of carbonyl (C=O) groups excluding carboxylic acids is 2. The van der Waals surface area contributed by atoms with E-state index in [2.05, 4.69) is 48.4 Å². The number of ether oxygens (including phenoxy) is 3. The molecule has 2 aromatic rings. The molecule has 236 valence electrons. The number of benzene rings is 2. The Hall–Kier alpha value is -3.30. The van der Waals surface area contributed by atoms with Gasteiger partial charge in [0.05, 0.1) is 19.8 Å². The first-order chi connectivity index (χ1) is 20.9. The van der Waals surface area contributed by atoms with Gasteiger partial charge in [-0.15, -0.1) is 0 Å². The first kappa shape index (κ1) is 32.6. The third kappa shape index (κ3) is 8.86. The lowest BCUT2D eigenvalue weighted by molar-refractivity contribution is 0.0652. The molecule has 1 saturated carbocycles. The van der Waals surface area contributed by atoms with Gasteiger partial charge < -0.3 is 34.6 Å². The zero-order chi connectivity index (χ0) is 30.8. The molecule has 3 atom stereocenters. The number of nitrogens with one attached hydrogen (secondary N) is 2. The van der Waals surface area contributed by atoms with E-state index in [1.54, 1.807) is 32.4 Å². The van der Waals surface area contributed by atoms with E-state index in [4.69, 9.17) is 14.2 Å². The Balaban J connectivity index is 1.43. The molecule has 2 aromatic carbocycles. The fourth-order valence-electron chi connectivity index (χ4n) is 5.84. The Kier molecular flexibility index (Phi) is 12.1. The molecule has 9 heteroatoms. The normalized spacial score (nSPS) is 18.7. The summed E-state index contributed by atoms with van der Waals surface area (Å²) in [5.74, 6) is 1.62. The van der Waals surface area contributed by atoms with E-state index in [0.717, 1.165) is 44.3 Å². The van der Waals surface area contributed by atoms with Crippen molar-refractivity contribution in [3.05, 3.63) is 59.7 Å². The van der Waals surface area contributed by atoms with Crippen LogP contribution in [0.2, 0.25) is 0 Å². The minimum atomic E-state index is -0.0320. The van der Waals surface area contributed by atoms with Crippen LogP contribution in [-0.4, -0.2) is 87.4 Å². The summed E-state index contributed by atoms with van der Waals surface area (Å²) in [4.78, 5) is 31.4. The predicted molar refractivity (Wildman–Crippen MR) is 169 cm³/mol. The third-order valence-electron chi connectivity index (χ3n) is 8.54. The molecule has 9 nitrogen and oxygen atoms in total. The summed E-state index contributed by atoms with van der Waals surface area (Å²) >= 11 is 0. The van der Waals surface area contributed by atoms with E-state index in [-0.39, 0.29) is 35.9 Å². The van der Waals surface area contributed by atoms with Crippen molar-refractivity contribution in [3.63, 3.8) is 0 Å². The van der Waals surface area contributed by atoms with Gasteiger partial charge in [0.1, 0.15) is 0 Å². The minimum Gasteiger partial charge on any atom is -0.493 e. The van der Waals surface area contributed by atoms with Gasteiger partial charge in [-0.1, -0.05) is 37.3 Å². The third-order valence-corrected chi connectivity index (χ3v) is 8.54. The lowest BCUT2D eigenvalue weighted by Crippen LogP contribution is -2.48. The van der Waals surface area contributed by atoms with Gasteiger partial charge in [-0.05, 0) is 68.7 Å². The molecule has 2 N–H and O–H groups in total. The molecule has 2 aliphatic rings. The Bertz CT molecular complexity index is 1170. The second-order valence-electron chi connectivity index (χ2n) is 12.0. The van der Waals surface area contributed by atoms with Crippen LogP contribution in [0.25, 0.3) is 0 Å². The molecule has 0 aromatic heterocycles. The molecule has 4 rings (SSSR count). The van der Waals surface area contributed by atoms with Crippen molar-refractivity contribution in [2.75, 3.05) is 53.6 Å². The topological polar surface area (TPSA) is 92.4 Å². The van der Waals surface area contributed by atoms with E-state index < -0.39 is 0 Å². The van der Waals surface area contributed by atoms with E-state index in [9.17, 15) is 9.59 Å². The maximum Gasteiger partial charge on any atom is 0.318 e. The van der Waals surface area contributed by atoms with Gasteiger partial charge in [0.15, 0.2) is 11.5 Å². The van der Waals surface area contributed by atoms with Crippen molar-refractivity contribution in [3.8, 4) is 11.5 Å². The van der Waals surface area contributed by atoms with Crippen LogP contribution in [0.4, 0.5) is 4.79 Å². The highest BCUT2D eigenvalue weighted by Crippen LogP contribution is 2.32. The summed E-state index contributed by atoms with van der Waals surface area (Å²) in [5.41, 5.74) is 1.70. The van der Waals surface area contributed by atoms with Gasteiger partial charge in [-0.3, -0.25) is 4.79 Å². The van der Waals surface area contributed by atoms with Gasteiger partial charge >= 0.3 is 6.03 Å². The molecular weight excluding hydrogens is 544 g/mol. The van der Waals surface area contributed by atoms with Crippen LogP contribution in [0.15, 0.2) is 48.5 Å². The van der Waals surface area contributed by atoms with Gasteiger partial charge in [0.2, 0.25) is 0 Å².